The highest BCUT2D eigenvalue weighted by Gasteiger charge is 2.40. The molecule has 3 heterocycles. The molecule has 2 aromatic carbocycles. The number of thiazole rings is 1. The molecule has 2 aliphatic heterocycles. The maximum atomic E-state index is 14.8. The number of amides is 1. The second kappa shape index (κ2) is 7.39. The minimum absolute atomic E-state index is 0.129. The van der Waals surface area contributed by atoms with Crippen molar-refractivity contribution < 1.29 is 13.9 Å². The van der Waals surface area contributed by atoms with Crippen LogP contribution in [0.3, 0.4) is 0 Å². The summed E-state index contributed by atoms with van der Waals surface area (Å²) in [5.74, 6) is 0.316. The molecule has 29 heavy (non-hydrogen) atoms. The quantitative estimate of drug-likeness (QED) is 0.638. The van der Waals surface area contributed by atoms with Gasteiger partial charge in [-0.05, 0) is 31.0 Å². The van der Waals surface area contributed by atoms with Gasteiger partial charge in [0, 0.05) is 50.3 Å². The van der Waals surface area contributed by atoms with Gasteiger partial charge in [-0.2, -0.15) is 0 Å². The topological polar surface area (TPSA) is 45.7 Å². The smallest absolute Gasteiger partial charge is 0.279 e. The van der Waals surface area contributed by atoms with Crippen molar-refractivity contribution in [2.24, 2.45) is 0 Å². The highest BCUT2D eigenvalue weighted by atomic mass is 32.1. The highest BCUT2D eigenvalue weighted by Crippen LogP contribution is 2.34. The standard InChI is InChI=1S/C22H22FN3O2S/c1-14(27)25-12-16-7-8-17(13-25)26(16)11-15-6-9-18(10-19(15)23)28-22-24-20-4-2-3-5-21(20)29-22/h2-6,9-10,16-17H,7-8,11-13H2,1H3/t16-,17+. The molecule has 3 aromatic rings. The fourth-order valence-electron chi connectivity index (χ4n) is 4.42. The van der Waals surface area contributed by atoms with Gasteiger partial charge in [-0.3, -0.25) is 9.69 Å². The van der Waals surface area contributed by atoms with E-state index < -0.39 is 0 Å². The van der Waals surface area contributed by atoms with E-state index in [0.29, 0.717) is 35.1 Å². The number of para-hydroxylation sites is 1. The maximum absolute atomic E-state index is 14.8. The number of rotatable bonds is 4. The summed E-state index contributed by atoms with van der Waals surface area (Å²) in [5.41, 5.74) is 1.54. The van der Waals surface area contributed by atoms with E-state index in [9.17, 15) is 9.18 Å². The van der Waals surface area contributed by atoms with E-state index in [0.717, 1.165) is 36.1 Å². The molecule has 0 unspecified atom stereocenters. The van der Waals surface area contributed by atoms with Crippen LogP contribution in [0.5, 0.6) is 10.9 Å². The predicted octanol–water partition coefficient (Wildman–Crippen LogP) is 4.42. The number of benzene rings is 2. The van der Waals surface area contributed by atoms with Gasteiger partial charge in [0.25, 0.3) is 5.19 Å². The van der Waals surface area contributed by atoms with Gasteiger partial charge in [0.15, 0.2) is 0 Å². The molecule has 2 saturated heterocycles. The molecular weight excluding hydrogens is 389 g/mol. The van der Waals surface area contributed by atoms with E-state index in [1.54, 1.807) is 19.1 Å². The molecule has 2 atom stereocenters. The number of hydrogen-bond acceptors (Lipinski definition) is 5. The molecule has 1 aromatic heterocycles. The fourth-order valence-corrected chi connectivity index (χ4v) is 5.25. The summed E-state index contributed by atoms with van der Waals surface area (Å²) < 4.78 is 21.6. The molecule has 0 radical (unpaired) electrons. The van der Waals surface area contributed by atoms with Crippen LogP contribution in [0.25, 0.3) is 10.2 Å². The van der Waals surface area contributed by atoms with Crippen LogP contribution in [0, 0.1) is 5.82 Å². The summed E-state index contributed by atoms with van der Waals surface area (Å²) in [6.45, 7) is 3.67. The molecule has 150 valence electrons. The lowest BCUT2D eigenvalue weighted by Gasteiger charge is -2.40. The Morgan fingerprint density at radius 1 is 1.21 bits per heavy atom. The average Bonchev–Trinajstić information content (AvgIpc) is 3.19. The lowest BCUT2D eigenvalue weighted by molar-refractivity contribution is -0.132. The molecule has 7 heteroatoms. The van der Waals surface area contributed by atoms with Crippen molar-refractivity contribution in [2.75, 3.05) is 13.1 Å². The molecule has 0 N–H and O–H groups in total. The number of likely N-dealkylation sites (tertiary alicyclic amines) is 1. The molecule has 5 nitrogen and oxygen atoms in total. The zero-order chi connectivity index (χ0) is 20.0. The molecule has 0 aliphatic carbocycles. The fraction of sp³-hybridized carbons (Fsp3) is 0.364. The first-order valence-electron chi connectivity index (χ1n) is 9.90. The number of piperazine rings is 1. The van der Waals surface area contributed by atoms with Crippen molar-refractivity contribution in [2.45, 2.75) is 38.4 Å². The van der Waals surface area contributed by atoms with Crippen LogP contribution in [0.1, 0.15) is 25.3 Å². The summed E-state index contributed by atoms with van der Waals surface area (Å²) in [4.78, 5) is 20.4. The molecule has 2 aliphatic rings. The van der Waals surface area contributed by atoms with E-state index in [1.165, 1.54) is 17.4 Å². The van der Waals surface area contributed by atoms with E-state index in [-0.39, 0.29) is 11.7 Å². The zero-order valence-electron chi connectivity index (χ0n) is 16.2. The van der Waals surface area contributed by atoms with Crippen LogP contribution in [-0.2, 0) is 11.3 Å². The number of carbonyl (C=O) groups is 1. The number of hydrogen-bond donors (Lipinski definition) is 0. The summed E-state index contributed by atoms with van der Waals surface area (Å²) in [7, 11) is 0. The number of halogens is 1. The number of aromatic nitrogens is 1. The van der Waals surface area contributed by atoms with Crippen molar-refractivity contribution in [3.63, 3.8) is 0 Å². The van der Waals surface area contributed by atoms with Gasteiger partial charge >= 0.3 is 0 Å². The van der Waals surface area contributed by atoms with Crippen molar-refractivity contribution in [1.29, 1.82) is 0 Å². The molecule has 0 spiro atoms. The van der Waals surface area contributed by atoms with Crippen LogP contribution in [0.4, 0.5) is 4.39 Å². The Kier molecular flexibility index (Phi) is 4.72. The van der Waals surface area contributed by atoms with E-state index in [2.05, 4.69) is 9.88 Å². The van der Waals surface area contributed by atoms with Crippen LogP contribution in [-0.4, -0.2) is 45.9 Å². The Labute approximate surface area is 172 Å². The van der Waals surface area contributed by atoms with Crippen molar-refractivity contribution in [3.05, 3.63) is 53.8 Å². The number of nitrogens with zero attached hydrogens (tertiary/aromatic N) is 3. The molecule has 0 saturated carbocycles. The van der Waals surface area contributed by atoms with Crippen LogP contribution < -0.4 is 4.74 Å². The van der Waals surface area contributed by atoms with Crippen LogP contribution in [0.15, 0.2) is 42.5 Å². The van der Waals surface area contributed by atoms with Gasteiger partial charge in [0.05, 0.1) is 10.2 Å². The molecule has 1 amide bonds. The number of fused-ring (bicyclic) bond motifs is 3. The first kappa shape index (κ1) is 18.5. The first-order chi connectivity index (χ1) is 14.1. The van der Waals surface area contributed by atoms with Gasteiger partial charge in [0.1, 0.15) is 11.6 Å². The molecule has 2 bridgehead atoms. The van der Waals surface area contributed by atoms with E-state index in [4.69, 9.17) is 4.74 Å². The largest absolute Gasteiger partial charge is 0.431 e. The molecular formula is C22H22FN3O2S. The van der Waals surface area contributed by atoms with Crippen molar-refractivity contribution in [1.82, 2.24) is 14.8 Å². The minimum Gasteiger partial charge on any atom is -0.431 e. The average molecular weight is 412 g/mol. The Hall–Kier alpha value is -2.51. The third-order valence-corrected chi connectivity index (χ3v) is 6.85. The predicted molar refractivity (Wildman–Crippen MR) is 111 cm³/mol. The second-order valence-corrected chi connectivity index (χ2v) is 8.78. The minimum atomic E-state index is -0.267. The van der Waals surface area contributed by atoms with E-state index >= 15 is 0 Å². The van der Waals surface area contributed by atoms with Crippen LogP contribution in [0.2, 0.25) is 0 Å². The van der Waals surface area contributed by atoms with Gasteiger partial charge in [-0.25, -0.2) is 9.37 Å². The molecule has 5 rings (SSSR count). The highest BCUT2D eigenvalue weighted by molar-refractivity contribution is 7.20. The third kappa shape index (κ3) is 3.60. The lowest BCUT2D eigenvalue weighted by Crippen LogP contribution is -2.54. The Balaban J connectivity index is 1.29. The Morgan fingerprint density at radius 3 is 2.66 bits per heavy atom. The van der Waals surface area contributed by atoms with Gasteiger partial charge < -0.3 is 9.64 Å². The SMILES string of the molecule is CC(=O)N1C[C@H]2CC[C@@H](C1)N2Cc1ccc(Oc2nc3ccccc3s2)cc1F. The van der Waals surface area contributed by atoms with Crippen LogP contribution >= 0.6 is 11.3 Å². The molecule has 2 fully saturated rings. The Morgan fingerprint density at radius 2 is 1.97 bits per heavy atom. The van der Waals surface area contributed by atoms with Crippen molar-refractivity contribution >= 4 is 27.5 Å². The second-order valence-electron chi connectivity index (χ2n) is 7.78. The normalized spacial score (nSPS) is 21.7. The summed E-state index contributed by atoms with van der Waals surface area (Å²) in [6.07, 6.45) is 2.13. The van der Waals surface area contributed by atoms with Crippen molar-refractivity contribution in [3.8, 4) is 10.9 Å². The lowest BCUT2D eigenvalue weighted by atomic mass is 10.1. The zero-order valence-corrected chi connectivity index (χ0v) is 17.0. The van der Waals surface area contributed by atoms with E-state index in [1.807, 2.05) is 29.2 Å². The summed E-state index contributed by atoms with van der Waals surface area (Å²) >= 11 is 1.45. The van der Waals surface area contributed by atoms with Gasteiger partial charge in [-0.1, -0.05) is 29.5 Å². The summed E-state index contributed by atoms with van der Waals surface area (Å²) in [5, 5.41) is 0.511. The third-order valence-electron chi connectivity index (χ3n) is 5.94. The van der Waals surface area contributed by atoms with Gasteiger partial charge in [-0.15, -0.1) is 0 Å². The Bertz CT molecular complexity index is 1020. The maximum Gasteiger partial charge on any atom is 0.279 e. The number of ether oxygens (including phenoxy) is 1. The van der Waals surface area contributed by atoms with Gasteiger partial charge in [0.2, 0.25) is 5.91 Å². The first-order valence-corrected chi connectivity index (χ1v) is 10.7. The monoisotopic (exact) mass is 411 g/mol. The summed E-state index contributed by atoms with van der Waals surface area (Å²) in [6, 6.07) is 13.5. The number of carbonyl (C=O) groups excluding carboxylic acids is 1.